The maximum Gasteiger partial charge on any atom is 0.164 e. The van der Waals surface area contributed by atoms with E-state index in [1.54, 1.807) is 42.5 Å². The van der Waals surface area contributed by atoms with E-state index in [1.807, 2.05) is 42.5 Å². The van der Waals surface area contributed by atoms with Gasteiger partial charge in [-0.2, -0.15) is 0 Å². The van der Waals surface area contributed by atoms with E-state index in [-0.39, 0.29) is 23.0 Å². The molecule has 2 heterocycles. The van der Waals surface area contributed by atoms with Crippen molar-refractivity contribution in [2.24, 2.45) is 0 Å². The molecule has 0 aliphatic heterocycles. The summed E-state index contributed by atoms with van der Waals surface area (Å²) in [5.41, 5.74) is -2.88. The zero-order valence-corrected chi connectivity index (χ0v) is 28.3. The summed E-state index contributed by atoms with van der Waals surface area (Å²) in [6.07, 6.45) is 0. The second-order valence-corrected chi connectivity index (χ2v) is 12.1. The number of hydrogen-bond donors (Lipinski definition) is 0. The molecule has 10 aromatic rings. The van der Waals surface area contributed by atoms with E-state index in [1.165, 1.54) is 0 Å². The second-order valence-electron chi connectivity index (χ2n) is 12.1. The molecule has 0 fully saturated rings. The van der Waals surface area contributed by atoms with Gasteiger partial charge in [0.1, 0.15) is 11.2 Å². The highest BCUT2D eigenvalue weighted by Gasteiger charge is 2.18. The van der Waals surface area contributed by atoms with Crippen molar-refractivity contribution < 1.29 is 30.5 Å². The number of rotatable bonds is 7. The fourth-order valence-electron chi connectivity index (χ4n) is 6.12. The highest BCUT2D eigenvalue weighted by atomic mass is 16.3. The summed E-state index contributed by atoms with van der Waals surface area (Å²) in [7, 11) is 0. The van der Waals surface area contributed by atoms with E-state index in [9.17, 15) is 9.60 Å². The Hall–Kier alpha value is -7.43. The molecule has 8 aromatic carbocycles. The first kappa shape index (κ1) is 18.1. The van der Waals surface area contributed by atoms with Crippen LogP contribution in [0.1, 0.15) is 26.0 Å². The predicted octanol–water partition coefficient (Wildman–Crippen LogP) is 13.4. The Kier molecular flexibility index (Phi) is 4.55. The highest BCUT2D eigenvalue weighted by molar-refractivity contribution is 6.13. The Morgan fingerprint density at radius 1 is 0.345 bits per heavy atom. The molecular formula is C51H33N3O. The number of hydrogen-bond acceptors (Lipinski definition) is 4. The van der Waals surface area contributed by atoms with Gasteiger partial charge < -0.3 is 4.42 Å². The molecule has 0 N–H and O–H groups in total. The summed E-state index contributed by atoms with van der Waals surface area (Å²) in [4.78, 5) is 14.1. The first-order valence-electron chi connectivity index (χ1n) is 26.4. The average molecular weight is 723 g/mol. The van der Waals surface area contributed by atoms with Gasteiger partial charge in [0, 0.05) is 27.5 Å². The van der Waals surface area contributed by atoms with Gasteiger partial charge in [-0.05, 0) is 80.8 Å². The maximum absolute atomic E-state index is 9.72. The lowest BCUT2D eigenvalue weighted by Gasteiger charge is -2.12. The predicted molar refractivity (Wildman–Crippen MR) is 225 cm³/mol. The van der Waals surface area contributed by atoms with Crippen LogP contribution >= 0.6 is 0 Å². The van der Waals surface area contributed by atoms with Crippen LogP contribution in [0.25, 0.3) is 101 Å². The van der Waals surface area contributed by atoms with E-state index >= 15 is 0 Å². The van der Waals surface area contributed by atoms with Gasteiger partial charge in [0.05, 0.1) is 26.0 Å². The number of benzene rings is 8. The van der Waals surface area contributed by atoms with Gasteiger partial charge in [-0.1, -0.05) is 163 Å². The van der Waals surface area contributed by atoms with E-state index < -0.39 is 170 Å². The van der Waals surface area contributed by atoms with Crippen molar-refractivity contribution in [1.82, 2.24) is 15.0 Å². The van der Waals surface area contributed by atoms with Crippen LogP contribution < -0.4 is 0 Å². The summed E-state index contributed by atoms with van der Waals surface area (Å²) in [5.74, 6) is 0.0698. The van der Waals surface area contributed by atoms with Crippen molar-refractivity contribution >= 4 is 21.9 Å². The van der Waals surface area contributed by atoms with Crippen LogP contribution in [0.5, 0.6) is 0 Å². The van der Waals surface area contributed by atoms with Gasteiger partial charge in [0.25, 0.3) is 0 Å². The van der Waals surface area contributed by atoms with Crippen molar-refractivity contribution in [3.63, 3.8) is 0 Å². The molecule has 0 spiro atoms. The Bertz CT molecular complexity index is 3900. The van der Waals surface area contributed by atoms with E-state index in [0.717, 1.165) is 11.1 Å². The van der Waals surface area contributed by atoms with Crippen LogP contribution in [0.3, 0.4) is 0 Å². The lowest BCUT2D eigenvalue weighted by molar-refractivity contribution is 0.669. The third kappa shape index (κ3) is 6.26. The minimum atomic E-state index is -0.963. The number of aromatic nitrogens is 3. The molecule has 0 amide bonds. The molecule has 2 aromatic heterocycles. The third-order valence-corrected chi connectivity index (χ3v) is 8.71. The van der Waals surface area contributed by atoms with Crippen LogP contribution in [0.15, 0.2) is 204 Å². The van der Waals surface area contributed by atoms with Crippen LogP contribution in [0.4, 0.5) is 0 Å². The zero-order chi connectivity index (χ0) is 53.1. The molecule has 0 saturated heterocycles. The summed E-state index contributed by atoms with van der Waals surface area (Å²) in [6.45, 7) is 0. The number of nitrogens with zero attached hydrogens (tertiary/aromatic N) is 3. The van der Waals surface area contributed by atoms with Crippen molar-refractivity contribution in [3.8, 4) is 78.7 Å². The van der Waals surface area contributed by atoms with Crippen molar-refractivity contribution in [1.29, 1.82) is 0 Å². The topological polar surface area (TPSA) is 51.8 Å². The lowest BCUT2D eigenvalue weighted by atomic mass is 9.91. The molecule has 10 rings (SSSR count). The zero-order valence-electron chi connectivity index (χ0n) is 47.3. The lowest BCUT2D eigenvalue weighted by Crippen LogP contribution is -2.00. The van der Waals surface area contributed by atoms with Crippen LogP contribution in [-0.2, 0) is 0 Å². The number of fused-ring (bicyclic) bond motifs is 3. The van der Waals surface area contributed by atoms with Crippen molar-refractivity contribution in [2.45, 2.75) is 0 Å². The molecular weight excluding hydrogens is 671 g/mol. The normalized spacial score (nSPS) is 16.1. The van der Waals surface area contributed by atoms with Gasteiger partial charge in [-0.15, -0.1) is 0 Å². The molecule has 4 nitrogen and oxygen atoms in total. The minimum absolute atomic E-state index is 0.144. The average Bonchev–Trinajstić information content (AvgIpc) is 3.84. The maximum atomic E-state index is 9.72. The first-order valence-corrected chi connectivity index (χ1v) is 16.9. The van der Waals surface area contributed by atoms with Crippen LogP contribution in [0, 0.1) is 0 Å². The van der Waals surface area contributed by atoms with Crippen molar-refractivity contribution in [2.75, 3.05) is 0 Å². The smallest absolute Gasteiger partial charge is 0.164 e. The van der Waals surface area contributed by atoms with E-state index in [0.29, 0.717) is 11.1 Å². The van der Waals surface area contributed by atoms with Gasteiger partial charge >= 0.3 is 0 Å². The molecule has 0 aliphatic carbocycles. The van der Waals surface area contributed by atoms with Gasteiger partial charge in [-0.3, -0.25) is 0 Å². The quantitative estimate of drug-likeness (QED) is 0.164. The first-order chi connectivity index (χ1) is 35.2. The molecule has 0 atom stereocenters. The molecule has 0 aliphatic rings. The molecule has 0 bridgehead atoms. The molecule has 0 saturated carbocycles. The minimum Gasteiger partial charge on any atom is -0.456 e. The largest absolute Gasteiger partial charge is 0.456 e. The molecule has 0 radical (unpaired) electrons. The summed E-state index contributed by atoms with van der Waals surface area (Å²) in [6, 6.07) is 9.60. The van der Waals surface area contributed by atoms with Gasteiger partial charge in [0.2, 0.25) is 0 Å². The summed E-state index contributed by atoms with van der Waals surface area (Å²) < 4.78 is 177. The monoisotopic (exact) mass is 722 g/mol. The summed E-state index contributed by atoms with van der Waals surface area (Å²) >= 11 is 0. The van der Waals surface area contributed by atoms with Gasteiger partial charge in [0.15, 0.2) is 17.5 Å². The molecule has 0 unspecified atom stereocenters. The molecule has 4 heteroatoms. The second kappa shape index (κ2) is 13.8. The van der Waals surface area contributed by atoms with Crippen LogP contribution in [0.2, 0.25) is 0 Å². The Morgan fingerprint density at radius 2 is 0.855 bits per heavy atom. The van der Waals surface area contributed by atoms with Gasteiger partial charge in [-0.25, -0.2) is 15.0 Å². The third-order valence-electron chi connectivity index (χ3n) is 8.71. The highest BCUT2D eigenvalue weighted by Crippen LogP contribution is 2.41. The van der Waals surface area contributed by atoms with E-state index in [2.05, 4.69) is 4.98 Å². The van der Waals surface area contributed by atoms with E-state index in [4.69, 9.17) is 30.8 Å². The Balaban J connectivity index is 1.31. The van der Waals surface area contributed by atoms with Crippen molar-refractivity contribution in [3.05, 3.63) is 200 Å². The summed E-state index contributed by atoms with van der Waals surface area (Å²) in [5, 5.41) is -0.851. The fourth-order valence-corrected chi connectivity index (χ4v) is 6.12. The van der Waals surface area contributed by atoms with Crippen LogP contribution in [-0.4, -0.2) is 15.0 Å². The fraction of sp³-hybridized carbons (Fsp3) is 0. The SMILES string of the molecule is [2H]c1c([2H])c([2H])c(-c2c([2H])c(-c3c([2H])c([2H])c([2H])c([2H])c3[2H])c([2H])c(-c3c([2H])c([2H])c([2H])c4oc5c([2H])c(-c6nc(-c7ccccc7)nc(-c7ccc(-c8ccccc8)cc7)n6)c([2H])c([2H])c5c34)c2[2H])c([2H])c1[2H]. The molecule has 55 heavy (non-hydrogen) atoms. The standard InChI is InChI=1S/C51H33N3O/c1-5-14-34(15-6-1)37-24-26-39(27-25-37)50-52-49(38-20-11-4-12-21-38)53-51(54-50)40-28-29-45-47(33-40)55-46-23-13-22-44(48(45)46)43-31-41(35-16-7-2-8-17-35)30-42(32-43)36-18-9-3-10-19-36/h1-33H/i2D,3D,7D,8D,9D,10D,13D,16D,17D,18D,19D,22D,23D,28D,29D,30D,31D,32D,33D. The Morgan fingerprint density at radius 3 is 1.47 bits per heavy atom. The number of furan rings is 1. The molecule has 258 valence electrons. The Labute approximate surface area is 345 Å².